The Hall–Kier alpha value is -2.67. The predicted octanol–water partition coefficient (Wildman–Crippen LogP) is 2.60. The van der Waals surface area contributed by atoms with Crippen LogP contribution in [0, 0.1) is 0 Å². The van der Waals surface area contributed by atoms with E-state index in [9.17, 15) is 0 Å². The lowest BCUT2D eigenvalue weighted by atomic mass is 10.1. The molecule has 25 heavy (non-hydrogen) atoms. The Morgan fingerprint density at radius 3 is 3.04 bits per heavy atom. The van der Waals surface area contributed by atoms with Crippen molar-refractivity contribution in [3.63, 3.8) is 0 Å². The highest BCUT2D eigenvalue weighted by Crippen LogP contribution is 2.14. The monoisotopic (exact) mass is 338 g/mol. The van der Waals surface area contributed by atoms with Gasteiger partial charge in [-0.1, -0.05) is 12.1 Å². The number of anilines is 2. The van der Waals surface area contributed by atoms with Gasteiger partial charge in [0.2, 0.25) is 5.95 Å². The first-order valence-corrected chi connectivity index (χ1v) is 8.72. The van der Waals surface area contributed by atoms with E-state index in [0.29, 0.717) is 12.0 Å². The lowest BCUT2D eigenvalue weighted by Crippen LogP contribution is -2.30. The summed E-state index contributed by atoms with van der Waals surface area (Å²) in [4.78, 5) is 16.7. The van der Waals surface area contributed by atoms with Gasteiger partial charge in [0.15, 0.2) is 0 Å². The molecule has 1 saturated heterocycles. The largest absolute Gasteiger partial charge is 0.379 e. The second kappa shape index (κ2) is 7.48. The number of imidazole rings is 1. The number of nitrogens with zero attached hydrogens (tertiary/aromatic N) is 3. The topological polar surface area (TPSA) is 87.8 Å². The fraction of sp³-hybridized carbons (Fsp3) is 0.389. The van der Waals surface area contributed by atoms with E-state index in [0.717, 1.165) is 61.7 Å². The molecule has 1 fully saturated rings. The third-order valence-corrected chi connectivity index (χ3v) is 4.25. The summed E-state index contributed by atoms with van der Waals surface area (Å²) >= 11 is 0. The highest BCUT2D eigenvalue weighted by molar-refractivity contribution is 5.74. The molecule has 7 nitrogen and oxygen atoms in total. The average molecular weight is 338 g/mol. The Balaban J connectivity index is 1.32. The number of rotatable bonds is 6. The van der Waals surface area contributed by atoms with Gasteiger partial charge in [-0.3, -0.25) is 0 Å². The summed E-state index contributed by atoms with van der Waals surface area (Å²) in [6.07, 6.45) is 4.75. The quantitative estimate of drug-likeness (QED) is 0.640. The van der Waals surface area contributed by atoms with Crippen molar-refractivity contribution in [2.75, 3.05) is 30.4 Å². The Morgan fingerprint density at radius 1 is 1.20 bits per heavy atom. The molecule has 1 aliphatic rings. The Bertz CT molecular complexity index is 794. The molecule has 1 atom stereocenters. The van der Waals surface area contributed by atoms with Crippen molar-refractivity contribution in [1.82, 2.24) is 19.9 Å². The van der Waals surface area contributed by atoms with Crippen LogP contribution in [0.5, 0.6) is 0 Å². The van der Waals surface area contributed by atoms with Gasteiger partial charge in [0.05, 0.1) is 23.7 Å². The van der Waals surface area contributed by atoms with Crippen LogP contribution in [0.1, 0.15) is 18.7 Å². The molecule has 0 spiro atoms. The minimum Gasteiger partial charge on any atom is -0.379 e. The number of para-hydroxylation sites is 2. The van der Waals surface area contributed by atoms with E-state index >= 15 is 0 Å². The third-order valence-electron chi connectivity index (χ3n) is 4.25. The first-order chi connectivity index (χ1) is 12.4. The van der Waals surface area contributed by atoms with E-state index in [-0.39, 0.29) is 0 Å². The van der Waals surface area contributed by atoms with E-state index in [2.05, 4.69) is 30.6 Å². The molecule has 0 bridgehead atoms. The standard InChI is InChI=1S/C18H22N6O/c1-2-6-15-14(5-1)22-17(23-15)8-10-20-18-19-9-7-16(24-18)21-13-4-3-11-25-12-13/h1-2,5-7,9,13H,3-4,8,10-12H2,(H,22,23)(H2,19,20,21,24). The van der Waals surface area contributed by atoms with E-state index in [1.807, 2.05) is 30.3 Å². The van der Waals surface area contributed by atoms with E-state index in [1.54, 1.807) is 6.20 Å². The summed E-state index contributed by atoms with van der Waals surface area (Å²) in [6.45, 7) is 2.31. The van der Waals surface area contributed by atoms with E-state index in [1.165, 1.54) is 0 Å². The molecule has 1 unspecified atom stereocenters. The number of hydrogen-bond acceptors (Lipinski definition) is 6. The summed E-state index contributed by atoms with van der Waals surface area (Å²) < 4.78 is 5.49. The van der Waals surface area contributed by atoms with Gasteiger partial charge < -0.3 is 20.4 Å². The number of fused-ring (bicyclic) bond motifs is 1. The summed E-state index contributed by atoms with van der Waals surface area (Å²) in [5.74, 6) is 2.41. The molecular formula is C18H22N6O. The van der Waals surface area contributed by atoms with Gasteiger partial charge in [0.1, 0.15) is 11.6 Å². The Labute approximate surface area is 146 Å². The number of aromatic nitrogens is 4. The maximum Gasteiger partial charge on any atom is 0.224 e. The van der Waals surface area contributed by atoms with Gasteiger partial charge in [0.25, 0.3) is 0 Å². The zero-order chi connectivity index (χ0) is 16.9. The molecule has 4 rings (SSSR count). The number of benzene rings is 1. The third kappa shape index (κ3) is 4.06. The molecule has 0 amide bonds. The van der Waals surface area contributed by atoms with Gasteiger partial charge in [0, 0.05) is 25.8 Å². The molecule has 3 heterocycles. The molecule has 0 radical (unpaired) electrons. The van der Waals surface area contributed by atoms with Crippen molar-refractivity contribution in [2.45, 2.75) is 25.3 Å². The smallest absolute Gasteiger partial charge is 0.224 e. The number of ether oxygens (including phenoxy) is 1. The maximum atomic E-state index is 5.49. The number of H-pyrrole nitrogens is 1. The molecule has 1 aromatic carbocycles. The highest BCUT2D eigenvalue weighted by Gasteiger charge is 2.14. The summed E-state index contributed by atoms with van der Waals surface area (Å²) in [5, 5.41) is 6.67. The average Bonchev–Trinajstić information content (AvgIpc) is 3.06. The van der Waals surface area contributed by atoms with Crippen LogP contribution in [0.3, 0.4) is 0 Å². The summed E-state index contributed by atoms with van der Waals surface area (Å²) in [6, 6.07) is 10.3. The molecule has 0 aliphatic carbocycles. The molecule has 2 aromatic heterocycles. The van der Waals surface area contributed by atoms with E-state index < -0.39 is 0 Å². The summed E-state index contributed by atoms with van der Waals surface area (Å²) in [5.41, 5.74) is 2.06. The number of aromatic amines is 1. The first-order valence-electron chi connectivity index (χ1n) is 8.72. The van der Waals surface area contributed by atoms with Crippen LogP contribution < -0.4 is 10.6 Å². The minimum atomic E-state index is 0.326. The van der Waals surface area contributed by atoms with Gasteiger partial charge in [-0.15, -0.1) is 0 Å². The fourth-order valence-electron chi connectivity index (χ4n) is 3.00. The first kappa shape index (κ1) is 15.8. The zero-order valence-electron chi connectivity index (χ0n) is 14.0. The molecular weight excluding hydrogens is 316 g/mol. The molecule has 0 saturated carbocycles. The Kier molecular flexibility index (Phi) is 4.74. The second-order valence-corrected chi connectivity index (χ2v) is 6.20. The molecule has 3 aromatic rings. The lowest BCUT2D eigenvalue weighted by molar-refractivity contribution is 0.0875. The Morgan fingerprint density at radius 2 is 2.16 bits per heavy atom. The van der Waals surface area contributed by atoms with Crippen molar-refractivity contribution >= 4 is 22.8 Å². The normalized spacial score (nSPS) is 17.5. The fourth-order valence-corrected chi connectivity index (χ4v) is 3.00. The van der Waals surface area contributed by atoms with Crippen LogP contribution in [0.4, 0.5) is 11.8 Å². The highest BCUT2D eigenvalue weighted by atomic mass is 16.5. The maximum absolute atomic E-state index is 5.49. The van der Waals surface area contributed by atoms with E-state index in [4.69, 9.17) is 4.74 Å². The molecule has 130 valence electrons. The number of hydrogen-bond donors (Lipinski definition) is 3. The van der Waals surface area contributed by atoms with Crippen molar-refractivity contribution in [1.29, 1.82) is 0 Å². The van der Waals surface area contributed by atoms with Crippen LogP contribution in [-0.4, -0.2) is 45.7 Å². The second-order valence-electron chi connectivity index (χ2n) is 6.20. The van der Waals surface area contributed by atoms with Gasteiger partial charge in [-0.25, -0.2) is 9.97 Å². The SMILES string of the molecule is c1ccc2[nH]c(CCNc3nccc(NC4CCCOC4)n3)nc2c1. The predicted molar refractivity (Wildman–Crippen MR) is 97.8 cm³/mol. The molecule has 1 aliphatic heterocycles. The van der Waals surface area contributed by atoms with Crippen molar-refractivity contribution in [3.05, 3.63) is 42.4 Å². The van der Waals surface area contributed by atoms with Crippen molar-refractivity contribution < 1.29 is 4.74 Å². The van der Waals surface area contributed by atoms with Gasteiger partial charge in [-0.2, -0.15) is 4.98 Å². The van der Waals surface area contributed by atoms with Gasteiger partial charge in [-0.05, 0) is 31.0 Å². The summed E-state index contributed by atoms with van der Waals surface area (Å²) in [7, 11) is 0. The van der Waals surface area contributed by atoms with Crippen molar-refractivity contribution in [2.24, 2.45) is 0 Å². The molecule has 3 N–H and O–H groups in total. The lowest BCUT2D eigenvalue weighted by Gasteiger charge is -2.23. The van der Waals surface area contributed by atoms with Crippen LogP contribution >= 0.6 is 0 Å². The van der Waals surface area contributed by atoms with Crippen LogP contribution in [0.2, 0.25) is 0 Å². The van der Waals surface area contributed by atoms with Crippen LogP contribution in [0.25, 0.3) is 11.0 Å². The van der Waals surface area contributed by atoms with Crippen LogP contribution in [0.15, 0.2) is 36.5 Å². The molecule has 7 heteroatoms. The van der Waals surface area contributed by atoms with Gasteiger partial charge >= 0.3 is 0 Å². The van der Waals surface area contributed by atoms with Crippen molar-refractivity contribution in [3.8, 4) is 0 Å². The van der Waals surface area contributed by atoms with Crippen LogP contribution in [-0.2, 0) is 11.2 Å². The zero-order valence-corrected chi connectivity index (χ0v) is 14.0. The minimum absolute atomic E-state index is 0.326. The number of nitrogens with one attached hydrogen (secondary N) is 3.